The van der Waals surface area contributed by atoms with Gasteiger partial charge in [0.15, 0.2) is 0 Å². The third kappa shape index (κ3) is 6.22. The molecule has 1 saturated carbocycles. The van der Waals surface area contributed by atoms with Gasteiger partial charge in [-0.2, -0.15) is 0 Å². The number of likely N-dealkylation sites (N-methyl/N-ethyl adjacent to an activating group) is 1. The summed E-state index contributed by atoms with van der Waals surface area (Å²) in [6.45, 7) is 3.37. The number of amides is 2. The molecule has 0 saturated heterocycles. The Hall–Kier alpha value is -0.810. The van der Waals surface area contributed by atoms with Crippen LogP contribution in [0.3, 0.4) is 0 Å². The van der Waals surface area contributed by atoms with Crippen LogP contribution in [0, 0.1) is 5.41 Å². The van der Waals surface area contributed by atoms with Crippen molar-refractivity contribution >= 4 is 24.2 Å². The lowest BCUT2D eigenvalue weighted by molar-refractivity contribution is -0.138. The first-order valence-corrected chi connectivity index (χ1v) is 7.75. The van der Waals surface area contributed by atoms with E-state index in [0.717, 1.165) is 32.1 Å². The zero-order chi connectivity index (χ0) is 15.0. The van der Waals surface area contributed by atoms with Crippen molar-refractivity contribution in [3.8, 4) is 0 Å². The van der Waals surface area contributed by atoms with Crippen molar-refractivity contribution in [2.45, 2.75) is 51.9 Å². The fourth-order valence-electron chi connectivity index (χ4n) is 3.00. The Morgan fingerprint density at radius 1 is 1.24 bits per heavy atom. The van der Waals surface area contributed by atoms with Crippen LogP contribution in [0.25, 0.3) is 0 Å². The fourth-order valence-corrected chi connectivity index (χ4v) is 3.00. The minimum absolute atomic E-state index is 0. The molecule has 0 bridgehead atoms. The average molecular weight is 320 g/mol. The van der Waals surface area contributed by atoms with Crippen LogP contribution in [0.15, 0.2) is 0 Å². The maximum absolute atomic E-state index is 12.5. The molecule has 2 amide bonds. The summed E-state index contributed by atoms with van der Waals surface area (Å²) in [5, 5.41) is 2.58. The number of hydrogen-bond donors (Lipinski definition) is 2. The molecule has 1 aliphatic rings. The van der Waals surface area contributed by atoms with Crippen LogP contribution in [-0.4, -0.2) is 43.4 Å². The molecule has 1 rings (SSSR count). The van der Waals surface area contributed by atoms with Crippen LogP contribution < -0.4 is 11.1 Å². The fraction of sp³-hybridized carbons (Fsp3) is 0.867. The van der Waals surface area contributed by atoms with Gasteiger partial charge in [-0.05, 0) is 31.2 Å². The highest BCUT2D eigenvalue weighted by atomic mass is 35.5. The summed E-state index contributed by atoms with van der Waals surface area (Å²) in [6, 6.07) is 0. The summed E-state index contributed by atoms with van der Waals surface area (Å²) in [4.78, 5) is 25.7. The molecule has 0 radical (unpaired) electrons. The largest absolute Gasteiger partial charge is 0.358 e. The Labute approximate surface area is 134 Å². The van der Waals surface area contributed by atoms with Gasteiger partial charge in [0, 0.05) is 20.0 Å². The molecule has 0 unspecified atom stereocenters. The Balaban J connectivity index is 0.00000400. The zero-order valence-electron chi connectivity index (χ0n) is 13.3. The molecule has 5 nitrogen and oxygen atoms in total. The molecule has 0 aromatic rings. The lowest BCUT2D eigenvalue weighted by atomic mass is 9.71. The van der Waals surface area contributed by atoms with Crippen LogP contribution >= 0.6 is 12.4 Å². The average Bonchev–Trinajstić information content (AvgIpc) is 2.47. The predicted octanol–water partition coefficient (Wildman–Crippen LogP) is 1.69. The third-order valence-corrected chi connectivity index (χ3v) is 4.33. The standard InChI is InChI=1S/C15H29N3O2.ClH/c1-3-9-18(11-13(19)17-2)14(20)10-15(12-16)7-5-4-6-8-15;/h3-12,16H2,1-2H3,(H,17,19);1H. The summed E-state index contributed by atoms with van der Waals surface area (Å²) in [5.74, 6) is -0.0416. The maximum Gasteiger partial charge on any atom is 0.239 e. The second kappa shape index (κ2) is 10.0. The first-order chi connectivity index (χ1) is 9.56. The number of nitrogens with zero attached hydrogens (tertiary/aromatic N) is 1. The summed E-state index contributed by atoms with van der Waals surface area (Å²) in [7, 11) is 1.60. The maximum atomic E-state index is 12.5. The number of nitrogens with two attached hydrogens (primary N) is 1. The minimum Gasteiger partial charge on any atom is -0.358 e. The van der Waals surface area contributed by atoms with E-state index in [2.05, 4.69) is 5.32 Å². The quantitative estimate of drug-likeness (QED) is 0.750. The zero-order valence-corrected chi connectivity index (χ0v) is 14.1. The Morgan fingerprint density at radius 2 is 1.86 bits per heavy atom. The van der Waals surface area contributed by atoms with Crippen LogP contribution in [0.5, 0.6) is 0 Å². The van der Waals surface area contributed by atoms with E-state index >= 15 is 0 Å². The molecule has 0 atom stereocenters. The van der Waals surface area contributed by atoms with E-state index in [1.165, 1.54) is 6.42 Å². The molecule has 3 N–H and O–H groups in total. The van der Waals surface area contributed by atoms with Crippen LogP contribution in [0.2, 0.25) is 0 Å². The molecule has 1 fully saturated rings. The highest BCUT2D eigenvalue weighted by Gasteiger charge is 2.34. The molecule has 6 heteroatoms. The molecule has 124 valence electrons. The first kappa shape index (κ1) is 20.2. The van der Waals surface area contributed by atoms with Gasteiger partial charge < -0.3 is 16.0 Å². The van der Waals surface area contributed by atoms with Crippen molar-refractivity contribution in [3.05, 3.63) is 0 Å². The lowest BCUT2D eigenvalue weighted by Gasteiger charge is -2.37. The molecule has 0 aromatic carbocycles. The van der Waals surface area contributed by atoms with Crippen molar-refractivity contribution in [2.75, 3.05) is 26.7 Å². The van der Waals surface area contributed by atoms with Gasteiger partial charge in [0.2, 0.25) is 11.8 Å². The molecule has 0 heterocycles. The van der Waals surface area contributed by atoms with E-state index in [-0.39, 0.29) is 36.2 Å². The van der Waals surface area contributed by atoms with Crippen molar-refractivity contribution < 1.29 is 9.59 Å². The van der Waals surface area contributed by atoms with Crippen LogP contribution in [0.1, 0.15) is 51.9 Å². The Kier molecular flexibility index (Phi) is 9.62. The summed E-state index contributed by atoms with van der Waals surface area (Å²) >= 11 is 0. The van der Waals surface area contributed by atoms with Crippen molar-refractivity contribution in [2.24, 2.45) is 11.1 Å². The molecule has 0 aliphatic heterocycles. The van der Waals surface area contributed by atoms with E-state index < -0.39 is 0 Å². The Bertz CT molecular complexity index is 331. The second-order valence-corrected chi connectivity index (χ2v) is 5.93. The second-order valence-electron chi connectivity index (χ2n) is 5.93. The first-order valence-electron chi connectivity index (χ1n) is 7.75. The smallest absolute Gasteiger partial charge is 0.239 e. The highest BCUT2D eigenvalue weighted by Crippen LogP contribution is 2.38. The van der Waals surface area contributed by atoms with Gasteiger partial charge >= 0.3 is 0 Å². The number of halogens is 1. The monoisotopic (exact) mass is 319 g/mol. The molecule has 0 spiro atoms. The molecular weight excluding hydrogens is 290 g/mol. The number of carbonyl (C=O) groups is 2. The minimum atomic E-state index is -0.114. The van der Waals surface area contributed by atoms with E-state index in [1.54, 1.807) is 11.9 Å². The van der Waals surface area contributed by atoms with E-state index in [1.807, 2.05) is 6.92 Å². The summed E-state index contributed by atoms with van der Waals surface area (Å²) in [5.41, 5.74) is 5.90. The molecule has 0 aromatic heterocycles. The van der Waals surface area contributed by atoms with Crippen molar-refractivity contribution in [3.63, 3.8) is 0 Å². The lowest BCUT2D eigenvalue weighted by Crippen LogP contribution is -2.44. The highest BCUT2D eigenvalue weighted by molar-refractivity contribution is 5.85. The molecule has 21 heavy (non-hydrogen) atoms. The van der Waals surface area contributed by atoms with Gasteiger partial charge in [0.05, 0.1) is 6.54 Å². The van der Waals surface area contributed by atoms with Gasteiger partial charge in [-0.1, -0.05) is 26.2 Å². The van der Waals surface area contributed by atoms with Gasteiger partial charge in [0.25, 0.3) is 0 Å². The molecule has 1 aliphatic carbocycles. The SMILES string of the molecule is CCCN(CC(=O)NC)C(=O)CC1(CN)CCCCC1.Cl. The van der Waals surface area contributed by atoms with Crippen molar-refractivity contribution in [1.29, 1.82) is 0 Å². The topological polar surface area (TPSA) is 75.4 Å². The van der Waals surface area contributed by atoms with Gasteiger partial charge in [0.1, 0.15) is 0 Å². The van der Waals surface area contributed by atoms with Gasteiger partial charge in [-0.25, -0.2) is 0 Å². The number of nitrogens with one attached hydrogen (secondary N) is 1. The van der Waals surface area contributed by atoms with E-state index in [0.29, 0.717) is 19.5 Å². The molecular formula is C15H30ClN3O2. The third-order valence-electron chi connectivity index (χ3n) is 4.33. The van der Waals surface area contributed by atoms with Crippen LogP contribution in [0.4, 0.5) is 0 Å². The number of carbonyl (C=O) groups excluding carboxylic acids is 2. The van der Waals surface area contributed by atoms with Gasteiger partial charge in [-0.3, -0.25) is 9.59 Å². The van der Waals surface area contributed by atoms with Gasteiger partial charge in [-0.15, -0.1) is 12.4 Å². The summed E-state index contributed by atoms with van der Waals surface area (Å²) in [6.07, 6.45) is 6.98. The van der Waals surface area contributed by atoms with E-state index in [9.17, 15) is 9.59 Å². The number of rotatable bonds is 7. The van der Waals surface area contributed by atoms with Crippen LogP contribution in [-0.2, 0) is 9.59 Å². The van der Waals surface area contributed by atoms with Crippen molar-refractivity contribution in [1.82, 2.24) is 10.2 Å². The summed E-state index contributed by atoms with van der Waals surface area (Å²) < 4.78 is 0. The predicted molar refractivity (Wildman–Crippen MR) is 87.4 cm³/mol. The normalized spacial score (nSPS) is 16.7. The van der Waals surface area contributed by atoms with E-state index in [4.69, 9.17) is 5.73 Å². The number of hydrogen-bond acceptors (Lipinski definition) is 3. The Morgan fingerprint density at radius 3 is 2.33 bits per heavy atom.